The fourth-order valence-electron chi connectivity index (χ4n) is 4.15. The average molecular weight is 433 g/mol. The summed E-state index contributed by atoms with van der Waals surface area (Å²) in [6, 6.07) is 25.8. The van der Waals surface area contributed by atoms with E-state index in [2.05, 4.69) is 15.5 Å². The van der Waals surface area contributed by atoms with Gasteiger partial charge < -0.3 is 11.1 Å². The van der Waals surface area contributed by atoms with Crippen LogP contribution in [0.1, 0.15) is 10.5 Å². The van der Waals surface area contributed by atoms with Crippen molar-refractivity contribution in [3.63, 3.8) is 0 Å². The summed E-state index contributed by atoms with van der Waals surface area (Å²) in [7, 11) is 0. The van der Waals surface area contributed by atoms with Gasteiger partial charge >= 0.3 is 0 Å². The van der Waals surface area contributed by atoms with Gasteiger partial charge in [-0.25, -0.2) is 0 Å². The predicted octanol–water partition coefficient (Wildman–Crippen LogP) is 4.81. The van der Waals surface area contributed by atoms with Gasteiger partial charge in [-0.1, -0.05) is 54.6 Å². The third-order valence-electron chi connectivity index (χ3n) is 5.65. The lowest BCUT2D eigenvalue weighted by Gasteiger charge is -2.10. The standard InChI is InChI=1S/C26H19N5O2/c27-14-20(26(33)29-17-9-5-2-6-10-17)25(32)24-22-21(15-7-3-1-4-8-15)18-12-11-16(28)13-19(18)23(22)30-31-24/h1-13,20,30-31H,28H2,(H,29,33). The number of carbonyl (C=O) groups is 2. The highest BCUT2D eigenvalue weighted by Gasteiger charge is 2.34. The molecule has 0 aromatic heterocycles. The summed E-state index contributed by atoms with van der Waals surface area (Å²) in [5.41, 5.74) is 10.4. The summed E-state index contributed by atoms with van der Waals surface area (Å²) >= 11 is 0. The molecule has 2 aliphatic rings. The van der Waals surface area contributed by atoms with E-state index in [0.29, 0.717) is 22.6 Å². The van der Waals surface area contributed by atoms with E-state index in [1.165, 1.54) is 0 Å². The maximum absolute atomic E-state index is 13.5. The Balaban J connectivity index is 1.63. The Bertz CT molecular complexity index is 1490. The zero-order chi connectivity index (χ0) is 22.9. The molecule has 33 heavy (non-hydrogen) atoms. The van der Waals surface area contributed by atoms with Gasteiger partial charge in [0, 0.05) is 27.9 Å². The first-order valence-electron chi connectivity index (χ1n) is 10.3. The third-order valence-corrected chi connectivity index (χ3v) is 5.65. The van der Waals surface area contributed by atoms with E-state index in [0.717, 1.165) is 21.9 Å². The molecule has 5 N–H and O–H groups in total. The van der Waals surface area contributed by atoms with Gasteiger partial charge in [-0.2, -0.15) is 5.26 Å². The molecule has 160 valence electrons. The largest absolute Gasteiger partial charge is 0.399 e. The van der Waals surface area contributed by atoms with Gasteiger partial charge in [-0.3, -0.25) is 19.8 Å². The molecular weight excluding hydrogens is 414 g/mol. The topological polar surface area (TPSA) is 128 Å². The second-order valence-corrected chi connectivity index (χ2v) is 7.70. The zero-order valence-corrected chi connectivity index (χ0v) is 17.4. The summed E-state index contributed by atoms with van der Waals surface area (Å²) < 4.78 is 0. The second kappa shape index (κ2) is 8.02. The number of aromatic amines is 2. The van der Waals surface area contributed by atoms with E-state index >= 15 is 0 Å². The first-order chi connectivity index (χ1) is 16.1. The van der Waals surface area contributed by atoms with Gasteiger partial charge in [-0.05, 0) is 35.2 Å². The fourth-order valence-corrected chi connectivity index (χ4v) is 4.15. The quantitative estimate of drug-likeness (QED) is 0.180. The molecule has 0 spiro atoms. The number of anilines is 2. The van der Waals surface area contributed by atoms with Crippen LogP contribution in [0.3, 0.4) is 0 Å². The number of hydrogen-bond acceptors (Lipinski definition) is 4. The van der Waals surface area contributed by atoms with Crippen LogP contribution in [-0.4, -0.2) is 21.9 Å². The van der Waals surface area contributed by atoms with Gasteiger partial charge in [0.2, 0.25) is 11.7 Å². The summed E-state index contributed by atoms with van der Waals surface area (Å²) in [6.45, 7) is 0. The Labute approximate surface area is 189 Å². The molecule has 3 aromatic carbocycles. The Morgan fingerprint density at radius 1 is 0.879 bits per heavy atom. The number of nitriles is 1. The summed E-state index contributed by atoms with van der Waals surface area (Å²) in [6.07, 6.45) is 0. The normalized spacial score (nSPS) is 11.8. The van der Waals surface area contributed by atoms with Crippen LogP contribution >= 0.6 is 0 Å². The van der Waals surface area contributed by atoms with E-state index in [4.69, 9.17) is 5.73 Å². The molecule has 0 radical (unpaired) electrons. The van der Waals surface area contributed by atoms with E-state index in [1.54, 1.807) is 24.3 Å². The molecule has 0 saturated heterocycles. The lowest BCUT2D eigenvalue weighted by molar-refractivity contribution is -0.117. The van der Waals surface area contributed by atoms with Gasteiger partial charge in [-0.15, -0.1) is 0 Å². The number of hydrogen-bond donors (Lipinski definition) is 4. The number of nitrogens with two attached hydrogens (primary N) is 1. The van der Waals surface area contributed by atoms with Crippen molar-refractivity contribution in [3.05, 3.63) is 84.6 Å². The summed E-state index contributed by atoms with van der Waals surface area (Å²) in [5, 5.41) is 20.1. The number of para-hydroxylation sites is 1. The number of nitrogen functional groups attached to an aromatic ring is 1. The van der Waals surface area contributed by atoms with Crippen molar-refractivity contribution < 1.29 is 9.59 Å². The average Bonchev–Trinajstić information content (AvgIpc) is 3.39. The van der Waals surface area contributed by atoms with Crippen molar-refractivity contribution in [2.45, 2.75) is 0 Å². The highest BCUT2D eigenvalue weighted by molar-refractivity contribution is 6.23. The van der Waals surface area contributed by atoms with Crippen molar-refractivity contribution in [2.24, 2.45) is 5.92 Å². The third kappa shape index (κ3) is 3.40. The Morgan fingerprint density at radius 3 is 2.27 bits per heavy atom. The van der Waals surface area contributed by atoms with Crippen molar-refractivity contribution in [1.29, 1.82) is 5.26 Å². The van der Waals surface area contributed by atoms with E-state index < -0.39 is 17.6 Å². The molecule has 0 saturated carbocycles. The van der Waals surface area contributed by atoms with E-state index in [9.17, 15) is 14.9 Å². The minimum Gasteiger partial charge on any atom is -0.399 e. The number of benzene rings is 3. The fraction of sp³-hybridized carbons (Fsp3) is 0.0385. The zero-order valence-electron chi connectivity index (χ0n) is 17.4. The second-order valence-electron chi connectivity index (χ2n) is 7.70. The molecule has 7 nitrogen and oxygen atoms in total. The van der Waals surface area contributed by atoms with Crippen molar-refractivity contribution >= 4 is 33.8 Å². The van der Waals surface area contributed by atoms with Gasteiger partial charge in [0.25, 0.3) is 0 Å². The number of H-pyrrole nitrogens is 2. The van der Waals surface area contributed by atoms with Crippen LogP contribution in [0.5, 0.6) is 0 Å². The molecule has 1 heterocycles. The van der Waals surface area contributed by atoms with Crippen LogP contribution in [-0.2, 0) is 4.79 Å². The number of Topliss-reactive ketones (excluding diaryl/α,β-unsaturated/α-hetero) is 1. The predicted molar refractivity (Wildman–Crippen MR) is 128 cm³/mol. The monoisotopic (exact) mass is 433 g/mol. The SMILES string of the molecule is N#CC(C(=O)Nc1ccccc1)C(=O)c1[nH][nH]c2c3cc(N)ccc3c(-c3ccccc3)c1-2. The van der Waals surface area contributed by atoms with Crippen LogP contribution in [0.2, 0.25) is 0 Å². The van der Waals surface area contributed by atoms with Gasteiger partial charge in [0.15, 0.2) is 5.92 Å². The Hall–Kier alpha value is -4.83. The van der Waals surface area contributed by atoms with Crippen LogP contribution in [0.15, 0.2) is 78.9 Å². The summed E-state index contributed by atoms with van der Waals surface area (Å²) in [5.74, 6) is -2.82. The Kier molecular flexibility index (Phi) is 4.88. The number of amides is 1. The van der Waals surface area contributed by atoms with Crippen LogP contribution in [0, 0.1) is 17.2 Å². The molecule has 5 rings (SSSR count). The van der Waals surface area contributed by atoms with Crippen LogP contribution < -0.4 is 11.1 Å². The first-order valence-corrected chi connectivity index (χ1v) is 10.3. The number of ketones is 1. The number of aromatic nitrogens is 2. The molecule has 1 aliphatic carbocycles. The van der Waals surface area contributed by atoms with Gasteiger partial charge in [0.1, 0.15) is 5.69 Å². The van der Waals surface area contributed by atoms with Crippen molar-refractivity contribution in [1.82, 2.24) is 10.2 Å². The first kappa shape index (κ1) is 20.1. The molecule has 0 bridgehead atoms. The minimum absolute atomic E-state index is 0.174. The van der Waals surface area contributed by atoms with Crippen LogP contribution in [0.4, 0.5) is 11.4 Å². The number of carbonyl (C=O) groups excluding carboxylic acids is 2. The van der Waals surface area contributed by atoms with Gasteiger partial charge in [0.05, 0.1) is 11.8 Å². The van der Waals surface area contributed by atoms with E-state index in [-0.39, 0.29) is 5.69 Å². The maximum atomic E-state index is 13.5. The number of nitrogens with zero attached hydrogens (tertiary/aromatic N) is 1. The van der Waals surface area contributed by atoms with Crippen LogP contribution in [0.25, 0.3) is 33.2 Å². The highest BCUT2D eigenvalue weighted by Crippen LogP contribution is 2.46. The molecule has 0 fully saturated rings. The maximum Gasteiger partial charge on any atom is 0.249 e. The molecule has 1 amide bonds. The van der Waals surface area contributed by atoms with Crippen molar-refractivity contribution in [3.8, 4) is 28.5 Å². The number of rotatable bonds is 5. The smallest absolute Gasteiger partial charge is 0.249 e. The van der Waals surface area contributed by atoms with Crippen molar-refractivity contribution in [2.75, 3.05) is 11.1 Å². The minimum atomic E-state index is -1.52. The molecule has 7 heteroatoms. The highest BCUT2D eigenvalue weighted by atomic mass is 16.2. The molecule has 1 unspecified atom stereocenters. The molecule has 3 aromatic rings. The number of fused-ring (bicyclic) bond motifs is 3. The molecule has 1 aliphatic heterocycles. The molecular formula is C26H19N5O2. The lowest BCUT2D eigenvalue weighted by Crippen LogP contribution is -2.29. The van der Waals surface area contributed by atoms with E-state index in [1.807, 2.05) is 60.7 Å². The number of nitrogens with one attached hydrogen (secondary N) is 3. The molecule has 1 atom stereocenters. The Morgan fingerprint density at radius 2 is 1.58 bits per heavy atom. The summed E-state index contributed by atoms with van der Waals surface area (Å²) in [4.78, 5) is 26.2. The lowest BCUT2D eigenvalue weighted by atomic mass is 9.95.